The van der Waals surface area contributed by atoms with Crippen molar-refractivity contribution in [2.45, 2.75) is 25.2 Å². The van der Waals surface area contributed by atoms with Crippen LogP contribution < -0.4 is 0 Å². The van der Waals surface area contributed by atoms with Crippen LogP contribution in [-0.2, 0) is 0 Å². The van der Waals surface area contributed by atoms with Gasteiger partial charge in [-0.3, -0.25) is 10.1 Å². The lowest BCUT2D eigenvalue weighted by Gasteiger charge is -2.14. The second-order valence-electron chi connectivity index (χ2n) is 2.01. The van der Waals surface area contributed by atoms with E-state index in [0.717, 1.165) is 0 Å². The summed E-state index contributed by atoms with van der Waals surface area (Å²) < 4.78 is 34.5. The molecule has 0 aliphatic rings. The number of aliphatic hydroxyl groups excluding tert-OH is 1. The molecule has 0 heterocycles. The van der Waals surface area contributed by atoms with Crippen LogP contribution in [0.5, 0.6) is 0 Å². The third kappa shape index (κ3) is 2.71. The molecule has 0 aliphatic heterocycles. The highest BCUT2D eigenvalue weighted by Crippen LogP contribution is 2.23. The van der Waals surface area contributed by atoms with Crippen molar-refractivity contribution < 1.29 is 23.2 Å². The van der Waals surface area contributed by atoms with Crippen LogP contribution >= 0.6 is 0 Å². The van der Waals surface area contributed by atoms with E-state index >= 15 is 0 Å². The zero-order valence-corrected chi connectivity index (χ0v) is 5.50. The molecule has 0 aromatic rings. The summed E-state index contributed by atoms with van der Waals surface area (Å²) in [7, 11) is 0. The lowest BCUT2D eigenvalue weighted by molar-refractivity contribution is -0.539. The van der Waals surface area contributed by atoms with Gasteiger partial charge in [-0.15, -0.1) is 0 Å². The predicted molar refractivity (Wildman–Crippen MR) is 28.5 cm³/mol. The van der Waals surface area contributed by atoms with Crippen LogP contribution in [-0.4, -0.2) is 28.4 Å². The van der Waals surface area contributed by atoms with Gasteiger partial charge in [-0.1, -0.05) is 0 Å². The standard InChI is InChI=1S/C4H6F3NO3/c1-2(8(10)11)3(9)4(5,6)7/h2-3,9H,1H3/t2-,3+/m1/s1. The van der Waals surface area contributed by atoms with Gasteiger partial charge in [-0.05, 0) is 0 Å². The van der Waals surface area contributed by atoms with E-state index in [9.17, 15) is 23.3 Å². The largest absolute Gasteiger partial charge is 0.421 e. The Bertz CT molecular complexity index is 157. The summed E-state index contributed by atoms with van der Waals surface area (Å²) in [4.78, 5) is 8.55. The summed E-state index contributed by atoms with van der Waals surface area (Å²) in [6.07, 6.45) is -7.82. The third-order valence-electron chi connectivity index (χ3n) is 1.12. The Morgan fingerprint density at radius 3 is 2.00 bits per heavy atom. The van der Waals surface area contributed by atoms with Gasteiger partial charge < -0.3 is 5.11 Å². The first-order valence-electron chi connectivity index (χ1n) is 2.65. The molecule has 0 unspecified atom stereocenters. The van der Waals surface area contributed by atoms with Crippen molar-refractivity contribution in [3.8, 4) is 0 Å². The van der Waals surface area contributed by atoms with Crippen molar-refractivity contribution in [1.29, 1.82) is 0 Å². The molecule has 4 nitrogen and oxygen atoms in total. The molecule has 0 amide bonds. The zero-order chi connectivity index (χ0) is 9.23. The molecule has 0 fully saturated rings. The van der Waals surface area contributed by atoms with Gasteiger partial charge in [0.2, 0.25) is 12.1 Å². The second-order valence-corrected chi connectivity index (χ2v) is 2.01. The number of halogens is 3. The fourth-order valence-corrected chi connectivity index (χ4v) is 0.389. The molecule has 0 spiro atoms. The predicted octanol–water partition coefficient (Wildman–Crippen LogP) is 0.575. The molecule has 0 saturated carbocycles. The minimum atomic E-state index is -4.92. The molecule has 0 radical (unpaired) electrons. The summed E-state index contributed by atoms with van der Waals surface area (Å²) >= 11 is 0. The summed E-state index contributed by atoms with van der Waals surface area (Å²) in [6.45, 7) is 0.693. The SMILES string of the molecule is C[C@H]([C@H](O)C(F)(F)F)[N+](=O)[O-]. The maximum absolute atomic E-state index is 11.5. The smallest absolute Gasteiger partial charge is 0.378 e. The minimum absolute atomic E-state index is 0.693. The van der Waals surface area contributed by atoms with E-state index in [4.69, 9.17) is 5.11 Å². The molecule has 66 valence electrons. The molecular formula is C4H6F3NO3. The van der Waals surface area contributed by atoms with Crippen LogP contribution in [0, 0.1) is 10.1 Å². The van der Waals surface area contributed by atoms with Crippen molar-refractivity contribution in [3.63, 3.8) is 0 Å². The molecular weight excluding hydrogens is 167 g/mol. The number of hydrogen-bond donors (Lipinski definition) is 1. The number of nitro groups is 1. The fourth-order valence-electron chi connectivity index (χ4n) is 0.389. The molecule has 0 aromatic carbocycles. The molecule has 0 saturated heterocycles. The Kier molecular flexibility index (Phi) is 2.80. The molecule has 1 N–H and O–H groups in total. The summed E-state index contributed by atoms with van der Waals surface area (Å²) in [5.41, 5.74) is 0. The lowest BCUT2D eigenvalue weighted by Crippen LogP contribution is -2.42. The number of aliphatic hydroxyl groups is 1. The lowest BCUT2D eigenvalue weighted by atomic mass is 10.2. The maximum Gasteiger partial charge on any atom is 0.421 e. The average molecular weight is 173 g/mol. The van der Waals surface area contributed by atoms with Gasteiger partial charge in [0, 0.05) is 11.8 Å². The highest BCUT2D eigenvalue weighted by Gasteiger charge is 2.47. The van der Waals surface area contributed by atoms with Crippen LogP contribution in [0.3, 0.4) is 0 Å². The Labute approximate surface area is 59.8 Å². The van der Waals surface area contributed by atoms with Crippen LogP contribution in [0.25, 0.3) is 0 Å². The molecule has 2 atom stereocenters. The number of hydrogen-bond acceptors (Lipinski definition) is 3. The van der Waals surface area contributed by atoms with Gasteiger partial charge in [0.25, 0.3) is 0 Å². The van der Waals surface area contributed by atoms with Crippen LogP contribution in [0.2, 0.25) is 0 Å². The van der Waals surface area contributed by atoms with E-state index in [1.165, 1.54) is 0 Å². The zero-order valence-electron chi connectivity index (χ0n) is 5.50. The van der Waals surface area contributed by atoms with Crippen molar-refractivity contribution in [1.82, 2.24) is 0 Å². The first-order valence-corrected chi connectivity index (χ1v) is 2.65. The number of rotatable bonds is 2. The third-order valence-corrected chi connectivity index (χ3v) is 1.12. The first-order chi connectivity index (χ1) is 4.76. The second kappa shape index (κ2) is 3.04. The van der Waals surface area contributed by atoms with Gasteiger partial charge in [0.05, 0.1) is 0 Å². The van der Waals surface area contributed by atoms with Crippen LogP contribution in [0.15, 0.2) is 0 Å². The Morgan fingerprint density at radius 2 is 1.91 bits per heavy atom. The van der Waals surface area contributed by atoms with E-state index < -0.39 is 23.2 Å². The monoisotopic (exact) mass is 173 g/mol. The maximum atomic E-state index is 11.5. The van der Waals surface area contributed by atoms with Crippen LogP contribution in [0.4, 0.5) is 13.2 Å². The highest BCUT2D eigenvalue weighted by molar-refractivity contribution is 4.70. The van der Waals surface area contributed by atoms with E-state index in [0.29, 0.717) is 6.92 Å². The summed E-state index contributed by atoms with van der Waals surface area (Å²) in [5, 5.41) is 18.0. The normalized spacial score (nSPS) is 17.5. The van der Waals surface area contributed by atoms with Gasteiger partial charge in [0.15, 0.2) is 0 Å². The molecule has 0 aliphatic carbocycles. The molecule has 11 heavy (non-hydrogen) atoms. The average Bonchev–Trinajstić information content (AvgIpc) is 1.82. The summed E-state index contributed by atoms with van der Waals surface area (Å²) in [6, 6.07) is -2.02. The van der Waals surface area contributed by atoms with E-state index in [-0.39, 0.29) is 0 Å². The number of alkyl halides is 3. The van der Waals surface area contributed by atoms with Crippen molar-refractivity contribution in [2.75, 3.05) is 0 Å². The van der Waals surface area contributed by atoms with Gasteiger partial charge in [0.1, 0.15) is 0 Å². The van der Waals surface area contributed by atoms with Gasteiger partial charge >= 0.3 is 6.18 Å². The minimum Gasteiger partial charge on any atom is -0.378 e. The topological polar surface area (TPSA) is 63.4 Å². The van der Waals surface area contributed by atoms with Crippen molar-refractivity contribution in [2.24, 2.45) is 0 Å². The fraction of sp³-hybridized carbons (Fsp3) is 1.00. The molecule has 0 bridgehead atoms. The van der Waals surface area contributed by atoms with E-state index in [1.54, 1.807) is 0 Å². The van der Waals surface area contributed by atoms with Crippen molar-refractivity contribution in [3.05, 3.63) is 10.1 Å². The quantitative estimate of drug-likeness (QED) is 0.490. The Morgan fingerprint density at radius 1 is 1.55 bits per heavy atom. The van der Waals surface area contributed by atoms with E-state index in [2.05, 4.69) is 0 Å². The highest BCUT2D eigenvalue weighted by atomic mass is 19.4. The molecule has 7 heteroatoms. The Hall–Kier alpha value is -0.850. The number of nitrogens with zero attached hydrogens (tertiary/aromatic N) is 1. The van der Waals surface area contributed by atoms with Crippen LogP contribution in [0.1, 0.15) is 6.92 Å². The summed E-state index contributed by atoms with van der Waals surface area (Å²) in [5.74, 6) is 0. The van der Waals surface area contributed by atoms with Gasteiger partial charge in [-0.25, -0.2) is 0 Å². The van der Waals surface area contributed by atoms with Crippen molar-refractivity contribution >= 4 is 0 Å². The van der Waals surface area contributed by atoms with Gasteiger partial charge in [-0.2, -0.15) is 13.2 Å². The molecule has 0 aromatic heterocycles. The molecule has 0 rings (SSSR count). The first kappa shape index (κ1) is 10.2. The Balaban J connectivity index is 4.25. The van der Waals surface area contributed by atoms with E-state index in [1.807, 2.05) is 0 Å².